The Morgan fingerprint density at radius 2 is 2.22 bits per heavy atom. The van der Waals surface area contributed by atoms with Crippen LogP contribution < -0.4 is 29.6 Å². The molecule has 3 heteroatoms. The van der Waals surface area contributed by atoms with E-state index in [-0.39, 0.29) is 31.0 Å². The molecule has 0 radical (unpaired) electrons. The van der Waals surface area contributed by atoms with Crippen molar-refractivity contribution in [2.24, 2.45) is 0 Å². The van der Waals surface area contributed by atoms with Gasteiger partial charge >= 0.3 is 29.6 Å². The summed E-state index contributed by atoms with van der Waals surface area (Å²) in [7, 11) is 2.08. The van der Waals surface area contributed by atoms with Gasteiger partial charge in [-0.05, 0) is 6.92 Å². The molecule has 1 aliphatic rings. The van der Waals surface area contributed by atoms with Gasteiger partial charge in [-0.3, -0.25) is 0 Å². The van der Waals surface area contributed by atoms with Gasteiger partial charge in [-0.15, -0.1) is 0 Å². The zero-order valence-corrected chi connectivity index (χ0v) is 8.46. The summed E-state index contributed by atoms with van der Waals surface area (Å²) in [6.07, 6.45) is 4.20. The zero-order chi connectivity index (χ0) is 5.98. The van der Waals surface area contributed by atoms with E-state index in [0.29, 0.717) is 0 Å². The van der Waals surface area contributed by atoms with Gasteiger partial charge in [0, 0.05) is 26.0 Å². The molecule has 0 saturated heterocycles. The Bertz CT molecular complexity index is 108. The van der Waals surface area contributed by atoms with Crippen LogP contribution in [0.3, 0.4) is 0 Å². The standard InChI is InChI=1S/C6H12N2.Na.H/c1-3-8-5-4-7(2)6-8;;/h4-5H,3,6H2,1-2H3;;/q;+1;-1. The summed E-state index contributed by atoms with van der Waals surface area (Å²) >= 11 is 0. The third kappa shape index (κ3) is 2.61. The predicted molar refractivity (Wildman–Crippen MR) is 35.3 cm³/mol. The van der Waals surface area contributed by atoms with Crippen LogP contribution >= 0.6 is 0 Å². The molecule has 1 rings (SSSR count). The maximum Gasteiger partial charge on any atom is 1.00 e. The van der Waals surface area contributed by atoms with Crippen molar-refractivity contribution >= 4 is 0 Å². The minimum atomic E-state index is 0. The molecule has 0 atom stereocenters. The van der Waals surface area contributed by atoms with E-state index in [0.717, 1.165) is 13.2 Å². The maximum atomic E-state index is 2.25. The number of hydrogen-bond donors (Lipinski definition) is 0. The second kappa shape index (κ2) is 4.20. The summed E-state index contributed by atoms with van der Waals surface area (Å²) in [5.74, 6) is 0. The van der Waals surface area contributed by atoms with Crippen LogP contribution in [0.4, 0.5) is 0 Å². The van der Waals surface area contributed by atoms with Crippen molar-refractivity contribution in [1.82, 2.24) is 9.80 Å². The van der Waals surface area contributed by atoms with Crippen molar-refractivity contribution in [1.29, 1.82) is 0 Å². The zero-order valence-electron chi connectivity index (χ0n) is 7.46. The average Bonchev–Trinajstić information content (AvgIpc) is 2.14. The molecule has 0 unspecified atom stereocenters. The minimum Gasteiger partial charge on any atom is -1.00 e. The van der Waals surface area contributed by atoms with Crippen molar-refractivity contribution < 1.29 is 31.0 Å². The SMILES string of the molecule is CCN1C=CN(C)C1.[H-].[Na+]. The van der Waals surface area contributed by atoms with Crippen LogP contribution in [0, 0.1) is 0 Å². The van der Waals surface area contributed by atoms with Gasteiger partial charge in [0.25, 0.3) is 0 Å². The summed E-state index contributed by atoms with van der Waals surface area (Å²) in [4.78, 5) is 4.41. The molecule has 0 aromatic rings. The van der Waals surface area contributed by atoms with E-state index in [1.165, 1.54) is 0 Å². The number of nitrogens with zero attached hydrogens (tertiary/aromatic N) is 2. The molecule has 0 spiro atoms. The Morgan fingerprint density at radius 3 is 2.44 bits per heavy atom. The Hall–Kier alpha value is 0.340. The van der Waals surface area contributed by atoms with Crippen LogP contribution in [0.25, 0.3) is 0 Å². The van der Waals surface area contributed by atoms with E-state index >= 15 is 0 Å². The van der Waals surface area contributed by atoms with E-state index in [2.05, 4.69) is 36.2 Å². The molecule has 0 fully saturated rings. The van der Waals surface area contributed by atoms with Gasteiger partial charge in [0.15, 0.2) is 0 Å². The summed E-state index contributed by atoms with van der Waals surface area (Å²) < 4.78 is 0. The largest absolute Gasteiger partial charge is 1.00 e. The van der Waals surface area contributed by atoms with Crippen LogP contribution in [0.2, 0.25) is 0 Å². The normalized spacial score (nSPS) is 16.2. The average molecular weight is 136 g/mol. The third-order valence-electron chi connectivity index (χ3n) is 1.34. The Balaban J connectivity index is 0. The molecule has 0 aliphatic carbocycles. The summed E-state index contributed by atoms with van der Waals surface area (Å²) in [6.45, 7) is 4.32. The summed E-state index contributed by atoms with van der Waals surface area (Å²) in [5, 5.41) is 0. The third-order valence-corrected chi connectivity index (χ3v) is 1.34. The molecule has 0 bridgehead atoms. The Kier molecular flexibility index (Phi) is 4.36. The van der Waals surface area contributed by atoms with Crippen LogP contribution in [0.5, 0.6) is 0 Å². The molecule has 9 heavy (non-hydrogen) atoms. The Labute approximate surface area is 80.3 Å². The molecule has 0 amide bonds. The maximum absolute atomic E-state index is 2.25. The van der Waals surface area contributed by atoms with E-state index in [9.17, 15) is 0 Å². The van der Waals surface area contributed by atoms with Crippen molar-refractivity contribution in [3.05, 3.63) is 12.4 Å². The summed E-state index contributed by atoms with van der Waals surface area (Å²) in [5.41, 5.74) is 0. The van der Waals surface area contributed by atoms with Gasteiger partial charge in [-0.25, -0.2) is 0 Å². The topological polar surface area (TPSA) is 6.48 Å². The van der Waals surface area contributed by atoms with Crippen LogP contribution in [-0.2, 0) is 0 Å². The first-order valence-corrected chi connectivity index (χ1v) is 2.95. The number of hydrogen-bond acceptors (Lipinski definition) is 2. The molecular formula is C6H13N2Na. The Morgan fingerprint density at radius 1 is 1.56 bits per heavy atom. The molecule has 2 nitrogen and oxygen atoms in total. The molecule has 48 valence electrons. The van der Waals surface area contributed by atoms with Gasteiger partial charge < -0.3 is 11.2 Å². The van der Waals surface area contributed by atoms with Crippen LogP contribution in [0.1, 0.15) is 8.35 Å². The van der Waals surface area contributed by atoms with Crippen molar-refractivity contribution in [2.45, 2.75) is 6.92 Å². The smallest absolute Gasteiger partial charge is 1.00 e. The first kappa shape index (κ1) is 9.34. The molecule has 0 aromatic heterocycles. The molecule has 0 N–H and O–H groups in total. The van der Waals surface area contributed by atoms with E-state index in [1.54, 1.807) is 0 Å². The van der Waals surface area contributed by atoms with E-state index < -0.39 is 0 Å². The molecule has 1 aliphatic heterocycles. The van der Waals surface area contributed by atoms with Crippen LogP contribution in [0.15, 0.2) is 12.4 Å². The molecule has 1 heterocycles. The summed E-state index contributed by atoms with van der Waals surface area (Å²) in [6, 6.07) is 0. The second-order valence-electron chi connectivity index (χ2n) is 2.10. The fourth-order valence-corrected chi connectivity index (χ4v) is 0.794. The first-order chi connectivity index (χ1) is 3.83. The van der Waals surface area contributed by atoms with Crippen molar-refractivity contribution in [3.63, 3.8) is 0 Å². The van der Waals surface area contributed by atoms with E-state index in [4.69, 9.17) is 0 Å². The molecule has 0 aromatic carbocycles. The fraction of sp³-hybridized carbons (Fsp3) is 0.667. The van der Waals surface area contributed by atoms with Crippen LogP contribution in [-0.4, -0.2) is 30.1 Å². The van der Waals surface area contributed by atoms with Gasteiger partial charge in [0.2, 0.25) is 0 Å². The van der Waals surface area contributed by atoms with Gasteiger partial charge in [-0.2, -0.15) is 0 Å². The number of rotatable bonds is 1. The van der Waals surface area contributed by atoms with E-state index in [1.807, 2.05) is 0 Å². The van der Waals surface area contributed by atoms with Crippen molar-refractivity contribution in [3.8, 4) is 0 Å². The first-order valence-electron chi connectivity index (χ1n) is 2.95. The van der Waals surface area contributed by atoms with Gasteiger partial charge in [0.1, 0.15) is 0 Å². The minimum absolute atomic E-state index is 0. The predicted octanol–water partition coefficient (Wildman–Crippen LogP) is -2.20. The van der Waals surface area contributed by atoms with Gasteiger partial charge in [0.05, 0.1) is 6.67 Å². The van der Waals surface area contributed by atoms with Gasteiger partial charge in [-0.1, -0.05) is 0 Å². The van der Waals surface area contributed by atoms with Crippen molar-refractivity contribution in [2.75, 3.05) is 20.3 Å². The molecule has 0 saturated carbocycles. The monoisotopic (exact) mass is 136 g/mol. The second-order valence-corrected chi connectivity index (χ2v) is 2.10. The fourth-order valence-electron chi connectivity index (χ4n) is 0.794. The molecular weight excluding hydrogens is 123 g/mol. The quantitative estimate of drug-likeness (QED) is 0.377.